The SMILES string of the molecule is COCCOCCSc1cc(-c2cc(OC)cc(OC)c2)cc(S(=O)CCOCCOC)c1. The molecule has 2 aromatic rings. The lowest BCUT2D eigenvalue weighted by Gasteiger charge is -2.13. The Bertz CT molecular complexity index is 838. The molecule has 1 atom stereocenters. The number of hydrogen-bond donors (Lipinski definition) is 0. The molecule has 0 N–H and O–H groups in total. The van der Waals surface area contributed by atoms with Gasteiger partial charge in [0.15, 0.2) is 0 Å². The summed E-state index contributed by atoms with van der Waals surface area (Å²) in [6.07, 6.45) is 0. The average molecular weight is 499 g/mol. The minimum atomic E-state index is -1.20. The van der Waals surface area contributed by atoms with Gasteiger partial charge in [0.1, 0.15) is 11.5 Å². The van der Waals surface area contributed by atoms with E-state index >= 15 is 0 Å². The lowest BCUT2D eigenvalue weighted by molar-refractivity contribution is 0.0787. The Kier molecular flexibility index (Phi) is 13.5. The zero-order chi connectivity index (χ0) is 23.9. The van der Waals surface area contributed by atoms with Crippen molar-refractivity contribution in [1.29, 1.82) is 0 Å². The maximum Gasteiger partial charge on any atom is 0.123 e. The second-order valence-electron chi connectivity index (χ2n) is 6.90. The molecule has 2 aromatic carbocycles. The minimum Gasteiger partial charge on any atom is -0.497 e. The van der Waals surface area contributed by atoms with E-state index in [1.807, 2.05) is 30.3 Å². The molecule has 0 aliphatic heterocycles. The summed E-state index contributed by atoms with van der Waals surface area (Å²) < 4.78 is 44.9. The number of ether oxygens (including phenoxy) is 6. The molecule has 0 aromatic heterocycles. The molecule has 7 nitrogen and oxygen atoms in total. The molecule has 0 fully saturated rings. The van der Waals surface area contributed by atoms with Crippen LogP contribution in [0.4, 0.5) is 0 Å². The van der Waals surface area contributed by atoms with Crippen molar-refractivity contribution in [3.05, 3.63) is 36.4 Å². The van der Waals surface area contributed by atoms with E-state index in [2.05, 4.69) is 6.07 Å². The summed E-state index contributed by atoms with van der Waals surface area (Å²) in [6.45, 7) is 3.17. The van der Waals surface area contributed by atoms with Crippen LogP contribution in [0.25, 0.3) is 11.1 Å². The van der Waals surface area contributed by atoms with E-state index in [-0.39, 0.29) is 0 Å². The summed E-state index contributed by atoms with van der Waals surface area (Å²) >= 11 is 1.66. The Morgan fingerprint density at radius 1 is 0.697 bits per heavy atom. The molecule has 9 heteroatoms. The fourth-order valence-corrected chi connectivity index (χ4v) is 4.84. The van der Waals surface area contributed by atoms with E-state index < -0.39 is 10.8 Å². The molecule has 1 unspecified atom stereocenters. The van der Waals surface area contributed by atoms with Crippen LogP contribution in [0.3, 0.4) is 0 Å². The predicted octanol–water partition coefficient (Wildman–Crippen LogP) is 3.90. The lowest BCUT2D eigenvalue weighted by atomic mass is 10.1. The molecule has 0 bridgehead atoms. The third-order valence-electron chi connectivity index (χ3n) is 4.60. The van der Waals surface area contributed by atoms with Gasteiger partial charge in [-0.2, -0.15) is 0 Å². The largest absolute Gasteiger partial charge is 0.497 e. The Labute approximate surface area is 203 Å². The van der Waals surface area contributed by atoms with E-state index in [4.69, 9.17) is 28.4 Å². The van der Waals surface area contributed by atoms with Gasteiger partial charge in [-0.15, -0.1) is 11.8 Å². The van der Waals surface area contributed by atoms with Crippen LogP contribution < -0.4 is 9.47 Å². The number of thioether (sulfide) groups is 1. The van der Waals surface area contributed by atoms with Crippen molar-refractivity contribution >= 4 is 22.6 Å². The first kappa shape index (κ1) is 27.6. The van der Waals surface area contributed by atoms with Crippen LogP contribution >= 0.6 is 11.8 Å². The molecule has 0 aliphatic rings. The van der Waals surface area contributed by atoms with Crippen LogP contribution in [0.2, 0.25) is 0 Å². The molecular formula is C24H34O7S2. The molecule has 0 saturated heterocycles. The summed E-state index contributed by atoms with van der Waals surface area (Å²) in [6, 6.07) is 11.7. The molecule has 184 valence electrons. The van der Waals surface area contributed by atoms with Crippen molar-refractivity contribution in [2.24, 2.45) is 0 Å². The van der Waals surface area contributed by atoms with Crippen molar-refractivity contribution in [1.82, 2.24) is 0 Å². The molecule has 0 saturated carbocycles. The van der Waals surface area contributed by atoms with Gasteiger partial charge in [0.25, 0.3) is 0 Å². The van der Waals surface area contributed by atoms with Crippen molar-refractivity contribution in [3.8, 4) is 22.6 Å². The second-order valence-corrected chi connectivity index (χ2v) is 9.64. The third kappa shape index (κ3) is 10.0. The Morgan fingerprint density at radius 2 is 1.30 bits per heavy atom. The number of benzene rings is 2. The van der Waals surface area contributed by atoms with E-state index in [0.29, 0.717) is 56.9 Å². The van der Waals surface area contributed by atoms with Gasteiger partial charge in [-0.05, 0) is 41.5 Å². The molecule has 0 spiro atoms. The molecule has 0 heterocycles. The van der Waals surface area contributed by atoms with Crippen LogP contribution in [0, 0.1) is 0 Å². The Morgan fingerprint density at radius 3 is 1.91 bits per heavy atom. The first-order valence-electron chi connectivity index (χ1n) is 10.6. The van der Waals surface area contributed by atoms with Crippen LogP contribution in [-0.2, 0) is 29.7 Å². The zero-order valence-electron chi connectivity index (χ0n) is 19.8. The van der Waals surface area contributed by atoms with Gasteiger partial charge in [0, 0.05) is 35.8 Å². The van der Waals surface area contributed by atoms with Gasteiger partial charge in [0.2, 0.25) is 0 Å². The van der Waals surface area contributed by atoms with E-state index in [9.17, 15) is 4.21 Å². The normalized spacial score (nSPS) is 12.0. The smallest absolute Gasteiger partial charge is 0.123 e. The topological polar surface area (TPSA) is 72.5 Å². The fourth-order valence-electron chi connectivity index (χ4n) is 2.89. The quantitative estimate of drug-likeness (QED) is 0.240. The molecule has 2 rings (SSSR count). The van der Waals surface area contributed by atoms with E-state index in [1.54, 1.807) is 40.2 Å². The number of rotatable bonds is 17. The van der Waals surface area contributed by atoms with Crippen LogP contribution in [0.15, 0.2) is 46.2 Å². The predicted molar refractivity (Wildman–Crippen MR) is 132 cm³/mol. The highest BCUT2D eigenvalue weighted by Crippen LogP contribution is 2.33. The van der Waals surface area contributed by atoms with Gasteiger partial charge in [0.05, 0.1) is 70.4 Å². The summed E-state index contributed by atoms with van der Waals surface area (Å²) in [7, 11) is 5.33. The van der Waals surface area contributed by atoms with E-state index in [0.717, 1.165) is 26.7 Å². The summed E-state index contributed by atoms with van der Waals surface area (Å²) in [5.41, 5.74) is 1.88. The van der Waals surface area contributed by atoms with Gasteiger partial charge < -0.3 is 28.4 Å². The highest BCUT2D eigenvalue weighted by molar-refractivity contribution is 7.99. The number of hydrogen-bond acceptors (Lipinski definition) is 8. The fraction of sp³-hybridized carbons (Fsp3) is 0.500. The maximum absolute atomic E-state index is 13.0. The maximum atomic E-state index is 13.0. The minimum absolute atomic E-state index is 0.406. The summed E-state index contributed by atoms with van der Waals surface area (Å²) in [4.78, 5) is 1.78. The Balaban J connectivity index is 2.21. The van der Waals surface area contributed by atoms with Crippen molar-refractivity contribution < 1.29 is 32.6 Å². The summed E-state index contributed by atoms with van der Waals surface area (Å²) in [5, 5.41) is 0. The first-order valence-corrected chi connectivity index (χ1v) is 12.9. The van der Waals surface area contributed by atoms with Crippen molar-refractivity contribution in [3.63, 3.8) is 0 Å². The van der Waals surface area contributed by atoms with Crippen LogP contribution in [0.1, 0.15) is 0 Å². The zero-order valence-corrected chi connectivity index (χ0v) is 21.4. The molecule has 0 aliphatic carbocycles. The molecule has 0 radical (unpaired) electrons. The lowest BCUT2D eigenvalue weighted by Crippen LogP contribution is -2.10. The standard InChI is InChI=1S/C24H34O7S2/c1-26-5-7-30-9-11-32-23-15-20(19-13-21(28-3)17-22(14-19)29-4)16-24(18-23)33(25)12-10-31-8-6-27-2/h13-18H,5-12H2,1-4H3. The molecule has 33 heavy (non-hydrogen) atoms. The molecule has 0 amide bonds. The van der Waals surface area contributed by atoms with E-state index in [1.165, 1.54) is 0 Å². The third-order valence-corrected chi connectivity index (χ3v) is 6.84. The highest BCUT2D eigenvalue weighted by Gasteiger charge is 2.12. The van der Waals surface area contributed by atoms with Gasteiger partial charge in [-0.3, -0.25) is 4.21 Å². The first-order chi connectivity index (χ1) is 16.1. The number of methoxy groups -OCH3 is 4. The average Bonchev–Trinajstić information content (AvgIpc) is 2.85. The monoisotopic (exact) mass is 498 g/mol. The van der Waals surface area contributed by atoms with Crippen LogP contribution in [0.5, 0.6) is 11.5 Å². The van der Waals surface area contributed by atoms with Gasteiger partial charge in [-0.25, -0.2) is 0 Å². The Hall–Kier alpha value is -1.62. The molecular weight excluding hydrogens is 464 g/mol. The highest BCUT2D eigenvalue weighted by atomic mass is 32.2. The summed E-state index contributed by atoms with van der Waals surface area (Å²) in [5.74, 6) is 2.59. The van der Waals surface area contributed by atoms with Crippen LogP contribution in [-0.4, -0.2) is 83.8 Å². The van der Waals surface area contributed by atoms with Crippen molar-refractivity contribution in [2.45, 2.75) is 9.79 Å². The van der Waals surface area contributed by atoms with Gasteiger partial charge >= 0.3 is 0 Å². The van der Waals surface area contributed by atoms with Crippen molar-refractivity contribution in [2.75, 3.05) is 79.6 Å². The second kappa shape index (κ2) is 16.1. The van der Waals surface area contributed by atoms with Gasteiger partial charge in [-0.1, -0.05) is 0 Å².